The van der Waals surface area contributed by atoms with Crippen LogP contribution in [0.15, 0.2) is 66.7 Å². The second-order valence-corrected chi connectivity index (χ2v) is 8.96. The fraction of sp³-hybridized carbons (Fsp3) is 0.259. The fourth-order valence-electron chi connectivity index (χ4n) is 3.88. The molecule has 0 fully saturated rings. The van der Waals surface area contributed by atoms with Crippen molar-refractivity contribution in [2.45, 2.75) is 32.7 Å². The lowest BCUT2D eigenvalue weighted by Gasteiger charge is -2.12. The number of nitrogens with zero attached hydrogens (tertiary/aromatic N) is 2. The molecule has 7 heteroatoms. The standard InChI is InChI=1S/C27H27Cl2N3O2/c1-19-17-21(11-12-22(19)28)34-16-6-15-32-25-10-5-4-9-24(25)31-26(32)13-14-30-27(33)18-20-7-2-3-8-23(20)29/h2-5,7-12,17H,6,13-16,18H2,1H3,(H,30,33). The summed E-state index contributed by atoms with van der Waals surface area (Å²) in [6, 6.07) is 21.2. The molecule has 1 amide bonds. The number of benzene rings is 3. The van der Waals surface area contributed by atoms with Gasteiger partial charge in [-0.1, -0.05) is 53.5 Å². The molecule has 3 aromatic carbocycles. The van der Waals surface area contributed by atoms with Crippen LogP contribution >= 0.6 is 23.2 Å². The monoisotopic (exact) mass is 495 g/mol. The van der Waals surface area contributed by atoms with Crippen LogP contribution in [0.2, 0.25) is 10.0 Å². The molecule has 0 bridgehead atoms. The van der Waals surface area contributed by atoms with Crippen LogP contribution in [0.5, 0.6) is 5.75 Å². The van der Waals surface area contributed by atoms with E-state index in [1.807, 2.05) is 61.5 Å². The average Bonchev–Trinajstić information content (AvgIpc) is 3.18. The molecule has 0 aliphatic rings. The first-order valence-corrected chi connectivity index (χ1v) is 12.1. The van der Waals surface area contributed by atoms with Gasteiger partial charge in [0.15, 0.2) is 0 Å². The van der Waals surface area contributed by atoms with Crippen molar-refractivity contribution in [2.24, 2.45) is 0 Å². The van der Waals surface area contributed by atoms with Gasteiger partial charge in [0, 0.05) is 29.6 Å². The Morgan fingerprint density at radius 2 is 1.82 bits per heavy atom. The summed E-state index contributed by atoms with van der Waals surface area (Å²) in [5.74, 6) is 1.71. The second kappa shape index (κ2) is 11.4. The average molecular weight is 496 g/mol. The van der Waals surface area contributed by atoms with Gasteiger partial charge >= 0.3 is 0 Å². The van der Waals surface area contributed by atoms with Gasteiger partial charge in [-0.2, -0.15) is 0 Å². The predicted octanol–water partition coefficient (Wildman–Crippen LogP) is 6.02. The molecule has 0 saturated carbocycles. The Morgan fingerprint density at radius 1 is 1.03 bits per heavy atom. The van der Waals surface area contributed by atoms with Crippen molar-refractivity contribution in [1.82, 2.24) is 14.9 Å². The highest BCUT2D eigenvalue weighted by Gasteiger charge is 2.12. The largest absolute Gasteiger partial charge is 0.494 e. The number of hydrogen-bond donors (Lipinski definition) is 1. The van der Waals surface area contributed by atoms with Crippen LogP contribution in [0, 0.1) is 6.92 Å². The summed E-state index contributed by atoms with van der Waals surface area (Å²) in [7, 11) is 0. The molecule has 34 heavy (non-hydrogen) atoms. The van der Waals surface area contributed by atoms with Crippen molar-refractivity contribution in [1.29, 1.82) is 0 Å². The maximum absolute atomic E-state index is 12.4. The van der Waals surface area contributed by atoms with Gasteiger partial charge < -0.3 is 14.6 Å². The van der Waals surface area contributed by atoms with Gasteiger partial charge in [-0.3, -0.25) is 4.79 Å². The third-order valence-corrected chi connectivity index (χ3v) is 6.43. The molecule has 0 aliphatic heterocycles. The van der Waals surface area contributed by atoms with Gasteiger partial charge in [-0.05, 0) is 60.9 Å². The molecule has 176 valence electrons. The molecule has 5 nitrogen and oxygen atoms in total. The Hall–Kier alpha value is -3.02. The minimum atomic E-state index is -0.0533. The maximum atomic E-state index is 12.4. The lowest BCUT2D eigenvalue weighted by Crippen LogP contribution is -2.28. The van der Waals surface area contributed by atoms with Crippen molar-refractivity contribution in [3.05, 3.63) is 93.7 Å². The van der Waals surface area contributed by atoms with Crippen molar-refractivity contribution >= 4 is 40.1 Å². The molecule has 4 aromatic rings. The number of nitrogens with one attached hydrogen (secondary N) is 1. The van der Waals surface area contributed by atoms with Crippen LogP contribution in [-0.4, -0.2) is 28.6 Å². The summed E-state index contributed by atoms with van der Waals surface area (Å²) in [5, 5.41) is 4.33. The summed E-state index contributed by atoms with van der Waals surface area (Å²) >= 11 is 12.3. The van der Waals surface area contributed by atoms with E-state index in [4.69, 9.17) is 32.9 Å². The molecular formula is C27H27Cl2N3O2. The predicted molar refractivity (Wildman–Crippen MR) is 138 cm³/mol. The van der Waals surface area contributed by atoms with Crippen molar-refractivity contribution < 1.29 is 9.53 Å². The summed E-state index contributed by atoms with van der Waals surface area (Å²) in [6.07, 6.45) is 1.73. The molecule has 0 spiro atoms. The zero-order valence-electron chi connectivity index (χ0n) is 19.1. The zero-order valence-corrected chi connectivity index (χ0v) is 20.6. The van der Waals surface area contributed by atoms with E-state index < -0.39 is 0 Å². The summed E-state index contributed by atoms with van der Waals surface area (Å²) in [5.41, 5.74) is 3.86. The maximum Gasteiger partial charge on any atom is 0.224 e. The lowest BCUT2D eigenvalue weighted by molar-refractivity contribution is -0.120. The number of carbonyl (C=O) groups is 1. The van der Waals surface area contributed by atoms with Crippen LogP contribution < -0.4 is 10.1 Å². The number of aryl methyl sites for hydroxylation is 2. The number of aromatic nitrogens is 2. The Labute approximate surface area is 209 Å². The van der Waals surface area contributed by atoms with E-state index in [1.165, 1.54) is 0 Å². The molecule has 4 rings (SSSR count). The molecule has 1 aromatic heterocycles. The van der Waals surface area contributed by atoms with Gasteiger partial charge in [0.2, 0.25) is 5.91 Å². The fourth-order valence-corrected chi connectivity index (χ4v) is 4.20. The van der Waals surface area contributed by atoms with E-state index in [9.17, 15) is 4.79 Å². The minimum Gasteiger partial charge on any atom is -0.494 e. The van der Waals surface area contributed by atoms with Gasteiger partial charge in [0.1, 0.15) is 11.6 Å². The summed E-state index contributed by atoms with van der Waals surface area (Å²) in [6.45, 7) is 3.83. The van der Waals surface area contributed by atoms with Crippen molar-refractivity contribution in [2.75, 3.05) is 13.2 Å². The van der Waals surface area contributed by atoms with Crippen molar-refractivity contribution in [3.63, 3.8) is 0 Å². The molecular weight excluding hydrogens is 469 g/mol. The van der Waals surface area contributed by atoms with Crippen LogP contribution in [0.4, 0.5) is 0 Å². The Kier molecular flexibility index (Phi) is 8.09. The number of rotatable bonds is 10. The quantitative estimate of drug-likeness (QED) is 0.273. The van der Waals surface area contributed by atoms with Gasteiger partial charge in [-0.15, -0.1) is 0 Å². The number of imidazole rings is 1. The van der Waals surface area contributed by atoms with Crippen LogP contribution in [0.1, 0.15) is 23.4 Å². The highest BCUT2D eigenvalue weighted by molar-refractivity contribution is 6.31. The van der Waals surface area contributed by atoms with Crippen LogP contribution in [0.25, 0.3) is 11.0 Å². The normalized spacial score (nSPS) is 11.0. The molecule has 1 heterocycles. The Bertz CT molecular complexity index is 1290. The van der Waals surface area contributed by atoms with Gasteiger partial charge in [-0.25, -0.2) is 4.98 Å². The van der Waals surface area contributed by atoms with Crippen molar-refractivity contribution in [3.8, 4) is 5.75 Å². The molecule has 0 unspecified atom stereocenters. The molecule has 1 N–H and O–H groups in total. The van der Waals surface area contributed by atoms with E-state index in [1.54, 1.807) is 6.07 Å². The minimum absolute atomic E-state index is 0.0533. The van der Waals surface area contributed by atoms with E-state index in [0.29, 0.717) is 24.6 Å². The smallest absolute Gasteiger partial charge is 0.224 e. The van der Waals surface area contributed by atoms with Gasteiger partial charge in [0.25, 0.3) is 0 Å². The number of ether oxygens (including phenoxy) is 1. The van der Waals surface area contributed by atoms with E-state index in [0.717, 1.165) is 51.7 Å². The SMILES string of the molecule is Cc1cc(OCCCn2c(CCNC(=O)Cc3ccccc3Cl)nc3ccccc32)ccc1Cl. The first kappa shape index (κ1) is 24.1. The lowest BCUT2D eigenvalue weighted by atomic mass is 10.1. The number of hydrogen-bond acceptors (Lipinski definition) is 3. The highest BCUT2D eigenvalue weighted by atomic mass is 35.5. The van der Waals surface area contributed by atoms with E-state index >= 15 is 0 Å². The summed E-state index contributed by atoms with van der Waals surface area (Å²) in [4.78, 5) is 17.2. The molecule has 0 aliphatic carbocycles. The highest BCUT2D eigenvalue weighted by Crippen LogP contribution is 2.22. The first-order chi connectivity index (χ1) is 16.5. The number of amides is 1. The number of carbonyl (C=O) groups excluding carboxylic acids is 1. The number of para-hydroxylation sites is 2. The molecule has 0 saturated heterocycles. The first-order valence-electron chi connectivity index (χ1n) is 11.3. The van der Waals surface area contributed by atoms with Crippen LogP contribution in [0.3, 0.4) is 0 Å². The third kappa shape index (κ3) is 6.10. The Balaban J connectivity index is 1.34. The Morgan fingerprint density at radius 3 is 2.65 bits per heavy atom. The second-order valence-electron chi connectivity index (χ2n) is 8.15. The number of fused-ring (bicyclic) bond motifs is 1. The van der Waals surface area contributed by atoms with Crippen LogP contribution in [-0.2, 0) is 24.2 Å². The summed E-state index contributed by atoms with van der Waals surface area (Å²) < 4.78 is 8.13. The third-order valence-electron chi connectivity index (χ3n) is 5.64. The zero-order chi connectivity index (χ0) is 23.9. The van der Waals surface area contributed by atoms with E-state index in [-0.39, 0.29) is 12.3 Å². The van der Waals surface area contributed by atoms with E-state index in [2.05, 4.69) is 16.0 Å². The van der Waals surface area contributed by atoms with Gasteiger partial charge in [0.05, 0.1) is 24.1 Å². The molecule has 0 atom stereocenters. The number of halogens is 2. The molecule has 0 radical (unpaired) electrons. The topological polar surface area (TPSA) is 56.1 Å².